The molecule has 5 rings (SSSR count). The van der Waals surface area contributed by atoms with Crippen LogP contribution in [-0.4, -0.2) is 38.6 Å². The minimum absolute atomic E-state index is 0.0734. The van der Waals surface area contributed by atoms with Crippen LogP contribution in [0.4, 0.5) is 14.6 Å². The van der Waals surface area contributed by atoms with Crippen molar-refractivity contribution in [2.45, 2.75) is 52.0 Å². The van der Waals surface area contributed by atoms with Crippen LogP contribution in [0.3, 0.4) is 0 Å². The SMILES string of the molecule is CN(c1ccc(-c2c(O)cc(-c3cn[nH]c3)c(F)c2F)nn1)C1C[C@]2(C)CC[C@](C)(C1)C2. The fraction of sp³-hybridized carbons (Fsp3) is 0.458. The van der Waals surface area contributed by atoms with E-state index in [1.165, 1.54) is 37.7 Å². The number of aromatic hydroxyl groups is 1. The van der Waals surface area contributed by atoms with Gasteiger partial charge in [-0.3, -0.25) is 5.10 Å². The lowest BCUT2D eigenvalue weighted by molar-refractivity contribution is 0.148. The van der Waals surface area contributed by atoms with E-state index in [9.17, 15) is 13.9 Å². The molecule has 6 nitrogen and oxygen atoms in total. The molecule has 2 bridgehead atoms. The fourth-order valence-electron chi connectivity index (χ4n) is 5.94. The van der Waals surface area contributed by atoms with Gasteiger partial charge in [-0.05, 0) is 61.1 Å². The summed E-state index contributed by atoms with van der Waals surface area (Å²) in [6, 6.07) is 4.87. The molecule has 168 valence electrons. The normalized spacial score (nSPS) is 27.0. The minimum Gasteiger partial charge on any atom is -0.507 e. The molecule has 2 fully saturated rings. The highest BCUT2D eigenvalue weighted by atomic mass is 19.2. The van der Waals surface area contributed by atoms with Gasteiger partial charge in [-0.25, -0.2) is 8.78 Å². The van der Waals surface area contributed by atoms with Gasteiger partial charge in [-0.1, -0.05) is 13.8 Å². The van der Waals surface area contributed by atoms with E-state index in [4.69, 9.17) is 0 Å². The number of phenolic OH excluding ortho intramolecular Hbond substituents is 1. The molecule has 0 spiro atoms. The van der Waals surface area contributed by atoms with Crippen molar-refractivity contribution in [3.63, 3.8) is 0 Å². The number of nitrogens with zero attached hydrogens (tertiary/aromatic N) is 4. The Hall–Kier alpha value is -3.03. The zero-order valence-electron chi connectivity index (χ0n) is 18.5. The summed E-state index contributed by atoms with van der Waals surface area (Å²) in [4.78, 5) is 2.15. The standard InChI is InChI=1S/C24H27F2N5O/c1-23-6-7-24(2,13-23)10-15(9-23)31(3)19-5-4-17(29-30-19)20-18(32)8-16(21(25)22(20)26)14-11-27-28-12-14/h4-5,8,11-12,15,32H,6-7,9-10,13H2,1-3H3,(H,27,28)/t15?,23-,24+. The topological polar surface area (TPSA) is 77.9 Å². The number of anilines is 1. The van der Waals surface area contributed by atoms with Gasteiger partial charge in [0.1, 0.15) is 5.75 Å². The van der Waals surface area contributed by atoms with Crippen molar-refractivity contribution in [1.29, 1.82) is 0 Å². The molecule has 8 heteroatoms. The third-order valence-electron chi connectivity index (χ3n) is 7.45. The number of aromatic amines is 1. The van der Waals surface area contributed by atoms with Gasteiger partial charge in [-0.15, -0.1) is 10.2 Å². The molecular weight excluding hydrogens is 412 g/mol. The highest BCUT2D eigenvalue weighted by Gasteiger charge is 2.50. The van der Waals surface area contributed by atoms with Crippen molar-refractivity contribution in [2.24, 2.45) is 10.8 Å². The summed E-state index contributed by atoms with van der Waals surface area (Å²) in [5, 5.41) is 25.2. The van der Waals surface area contributed by atoms with E-state index < -0.39 is 17.4 Å². The number of aromatic nitrogens is 4. The van der Waals surface area contributed by atoms with Gasteiger partial charge in [0, 0.05) is 30.4 Å². The monoisotopic (exact) mass is 439 g/mol. The maximum atomic E-state index is 14.9. The number of halogens is 2. The average Bonchev–Trinajstić information content (AvgIpc) is 3.36. The average molecular weight is 440 g/mol. The molecule has 2 N–H and O–H groups in total. The zero-order chi connectivity index (χ0) is 22.7. The van der Waals surface area contributed by atoms with Crippen molar-refractivity contribution < 1.29 is 13.9 Å². The quantitative estimate of drug-likeness (QED) is 0.576. The largest absolute Gasteiger partial charge is 0.507 e. The Morgan fingerprint density at radius 1 is 1.09 bits per heavy atom. The van der Waals surface area contributed by atoms with Crippen LogP contribution < -0.4 is 4.90 Å². The Morgan fingerprint density at radius 3 is 2.41 bits per heavy atom. The van der Waals surface area contributed by atoms with E-state index >= 15 is 0 Å². The van der Waals surface area contributed by atoms with E-state index in [0.29, 0.717) is 28.3 Å². The summed E-state index contributed by atoms with van der Waals surface area (Å²) in [6.07, 6.45) is 8.80. The van der Waals surface area contributed by atoms with E-state index in [1.54, 1.807) is 12.1 Å². The first-order chi connectivity index (χ1) is 15.2. The third-order valence-corrected chi connectivity index (χ3v) is 7.45. The van der Waals surface area contributed by atoms with Crippen LogP contribution in [0.1, 0.15) is 46.0 Å². The summed E-state index contributed by atoms with van der Waals surface area (Å²) >= 11 is 0. The van der Waals surface area contributed by atoms with Crippen LogP contribution >= 0.6 is 0 Å². The number of hydrogen-bond acceptors (Lipinski definition) is 5. The molecule has 2 aliphatic rings. The first-order valence-electron chi connectivity index (χ1n) is 11.0. The molecule has 0 saturated heterocycles. The van der Waals surface area contributed by atoms with Gasteiger partial charge in [0.15, 0.2) is 17.5 Å². The van der Waals surface area contributed by atoms with Crippen LogP contribution in [0.5, 0.6) is 5.75 Å². The van der Waals surface area contributed by atoms with Gasteiger partial charge in [-0.2, -0.15) is 5.10 Å². The lowest BCUT2D eigenvalue weighted by Crippen LogP contribution is -2.42. The van der Waals surface area contributed by atoms with Crippen LogP contribution in [0.25, 0.3) is 22.4 Å². The molecule has 2 aromatic heterocycles. The van der Waals surface area contributed by atoms with E-state index in [-0.39, 0.29) is 16.8 Å². The highest BCUT2D eigenvalue weighted by Crippen LogP contribution is 2.58. The lowest BCUT2D eigenvalue weighted by atomic mass is 9.68. The van der Waals surface area contributed by atoms with Gasteiger partial charge in [0.2, 0.25) is 0 Å². The smallest absolute Gasteiger partial charge is 0.172 e. The molecule has 2 heterocycles. The third kappa shape index (κ3) is 3.42. The summed E-state index contributed by atoms with van der Waals surface area (Å²) in [5.74, 6) is -1.95. The van der Waals surface area contributed by atoms with E-state index in [1.807, 2.05) is 7.05 Å². The predicted octanol–water partition coefficient (Wildman–Crippen LogP) is 5.31. The molecule has 32 heavy (non-hydrogen) atoms. The number of phenols is 1. The summed E-state index contributed by atoms with van der Waals surface area (Å²) in [7, 11) is 2.02. The molecule has 3 atom stereocenters. The minimum atomic E-state index is -1.17. The molecule has 3 aromatic rings. The second-order valence-electron chi connectivity index (χ2n) is 10.2. The number of hydrogen-bond donors (Lipinski definition) is 2. The van der Waals surface area contributed by atoms with Crippen molar-refractivity contribution in [3.05, 3.63) is 42.2 Å². The van der Waals surface area contributed by atoms with E-state index in [0.717, 1.165) is 12.8 Å². The Kier molecular flexibility index (Phi) is 4.72. The Balaban J connectivity index is 1.42. The second kappa shape index (κ2) is 7.25. The maximum absolute atomic E-state index is 14.9. The van der Waals surface area contributed by atoms with Crippen LogP contribution in [0.15, 0.2) is 30.6 Å². The van der Waals surface area contributed by atoms with Gasteiger partial charge in [0.25, 0.3) is 0 Å². The fourth-order valence-corrected chi connectivity index (χ4v) is 5.94. The lowest BCUT2D eigenvalue weighted by Gasteiger charge is -2.44. The second-order valence-corrected chi connectivity index (χ2v) is 10.2. The van der Waals surface area contributed by atoms with Gasteiger partial charge >= 0.3 is 0 Å². The molecule has 2 saturated carbocycles. The molecule has 0 radical (unpaired) electrons. The number of fused-ring (bicyclic) bond motifs is 2. The number of H-pyrrole nitrogens is 1. The Morgan fingerprint density at radius 2 is 1.81 bits per heavy atom. The molecule has 2 aliphatic carbocycles. The first-order valence-corrected chi connectivity index (χ1v) is 11.0. The summed E-state index contributed by atoms with van der Waals surface area (Å²) in [5.41, 5.74) is 0.779. The molecule has 0 amide bonds. The number of rotatable bonds is 4. The van der Waals surface area contributed by atoms with Crippen LogP contribution in [-0.2, 0) is 0 Å². The molecule has 1 aromatic carbocycles. The number of nitrogens with one attached hydrogen (secondary N) is 1. The molecular formula is C24H27F2N5O. The van der Waals surface area contributed by atoms with Crippen molar-refractivity contribution in [3.8, 4) is 28.1 Å². The first kappa shape index (κ1) is 20.8. The van der Waals surface area contributed by atoms with Crippen LogP contribution in [0, 0.1) is 22.5 Å². The molecule has 0 aliphatic heterocycles. The zero-order valence-corrected chi connectivity index (χ0v) is 18.5. The van der Waals surface area contributed by atoms with E-state index in [2.05, 4.69) is 39.1 Å². The predicted molar refractivity (Wildman–Crippen MR) is 118 cm³/mol. The van der Waals surface area contributed by atoms with Crippen molar-refractivity contribution in [1.82, 2.24) is 20.4 Å². The Bertz CT molecular complexity index is 1130. The maximum Gasteiger partial charge on any atom is 0.172 e. The molecule has 1 unspecified atom stereocenters. The summed E-state index contributed by atoms with van der Waals surface area (Å²) < 4.78 is 29.6. The highest BCUT2D eigenvalue weighted by molar-refractivity contribution is 5.75. The Labute approximate surface area is 185 Å². The van der Waals surface area contributed by atoms with Crippen molar-refractivity contribution >= 4 is 5.82 Å². The van der Waals surface area contributed by atoms with Gasteiger partial charge in [0.05, 0.1) is 17.5 Å². The summed E-state index contributed by atoms with van der Waals surface area (Å²) in [6.45, 7) is 4.75. The van der Waals surface area contributed by atoms with Crippen LogP contribution in [0.2, 0.25) is 0 Å². The van der Waals surface area contributed by atoms with Gasteiger partial charge < -0.3 is 10.0 Å². The number of benzene rings is 1. The van der Waals surface area contributed by atoms with Crippen molar-refractivity contribution in [2.75, 3.05) is 11.9 Å².